The summed E-state index contributed by atoms with van der Waals surface area (Å²) in [5.41, 5.74) is 4.86. The number of aromatic nitrogens is 1. The first-order valence-electron chi connectivity index (χ1n) is 9.28. The smallest absolute Gasteiger partial charge is 0.274 e. The first-order valence-corrected chi connectivity index (χ1v) is 9.28. The molecule has 0 aliphatic heterocycles. The molecule has 0 spiro atoms. The lowest BCUT2D eigenvalue weighted by molar-refractivity contribution is 0.101. The molecule has 0 fully saturated rings. The fraction of sp³-hybridized carbons (Fsp3) is 0.174. The van der Waals surface area contributed by atoms with E-state index in [9.17, 15) is 9.59 Å². The predicted octanol–water partition coefficient (Wildman–Crippen LogP) is 4.27. The Morgan fingerprint density at radius 1 is 0.828 bits per heavy atom. The Labute approximate surface area is 170 Å². The molecule has 3 rings (SSSR count). The van der Waals surface area contributed by atoms with Gasteiger partial charge in [-0.3, -0.25) is 9.59 Å². The number of hydrogen-bond donors (Lipinski definition) is 2. The zero-order valence-electron chi connectivity index (χ0n) is 17.0. The van der Waals surface area contributed by atoms with Crippen molar-refractivity contribution < 1.29 is 9.59 Å². The van der Waals surface area contributed by atoms with Gasteiger partial charge in [-0.05, 0) is 61.9 Å². The second kappa shape index (κ2) is 8.56. The molecule has 0 aliphatic carbocycles. The van der Waals surface area contributed by atoms with E-state index >= 15 is 0 Å². The molecule has 6 nitrogen and oxygen atoms in total. The summed E-state index contributed by atoms with van der Waals surface area (Å²) in [5.74, 6) is -0.731. The van der Waals surface area contributed by atoms with E-state index in [0.29, 0.717) is 5.69 Å². The summed E-state index contributed by atoms with van der Waals surface area (Å²) in [6, 6.07) is 18.1. The van der Waals surface area contributed by atoms with E-state index in [2.05, 4.69) is 15.6 Å². The first kappa shape index (κ1) is 20.1. The molecule has 0 aliphatic rings. The van der Waals surface area contributed by atoms with E-state index in [0.717, 1.165) is 22.5 Å². The van der Waals surface area contributed by atoms with Gasteiger partial charge in [-0.1, -0.05) is 23.8 Å². The molecule has 0 bridgehead atoms. The third kappa shape index (κ3) is 4.99. The number of amides is 2. The number of carbonyl (C=O) groups is 2. The maximum absolute atomic E-state index is 12.6. The van der Waals surface area contributed by atoms with Crippen molar-refractivity contribution in [1.82, 2.24) is 4.98 Å². The summed E-state index contributed by atoms with van der Waals surface area (Å²) < 4.78 is 0. The first-order chi connectivity index (χ1) is 13.8. The fourth-order valence-electron chi connectivity index (χ4n) is 2.87. The molecule has 29 heavy (non-hydrogen) atoms. The Kier molecular flexibility index (Phi) is 5.93. The summed E-state index contributed by atoms with van der Waals surface area (Å²) in [6.45, 7) is 3.93. The molecule has 2 aromatic carbocycles. The van der Waals surface area contributed by atoms with Crippen molar-refractivity contribution in [1.29, 1.82) is 0 Å². The number of pyridine rings is 1. The van der Waals surface area contributed by atoms with Gasteiger partial charge < -0.3 is 15.5 Å². The standard InChI is InChI=1S/C23H24N4O2/c1-15-8-13-19(16(2)14-15)26-23(29)21-7-5-6-20(25-21)22(28)24-17-9-11-18(12-10-17)27(3)4/h5-14H,1-4H3,(H,24,28)(H,26,29). The zero-order chi connectivity index (χ0) is 21.0. The number of hydrogen-bond acceptors (Lipinski definition) is 4. The summed E-state index contributed by atoms with van der Waals surface area (Å²) >= 11 is 0. The normalized spacial score (nSPS) is 10.3. The molecule has 0 saturated carbocycles. The van der Waals surface area contributed by atoms with Gasteiger partial charge in [-0.2, -0.15) is 0 Å². The van der Waals surface area contributed by atoms with Gasteiger partial charge in [0.05, 0.1) is 0 Å². The fourth-order valence-corrected chi connectivity index (χ4v) is 2.87. The highest BCUT2D eigenvalue weighted by molar-refractivity contribution is 6.06. The van der Waals surface area contributed by atoms with Gasteiger partial charge in [0.2, 0.25) is 0 Å². The number of nitrogens with one attached hydrogen (secondary N) is 2. The largest absolute Gasteiger partial charge is 0.378 e. The van der Waals surface area contributed by atoms with Crippen LogP contribution in [0.25, 0.3) is 0 Å². The van der Waals surface area contributed by atoms with Crippen LogP contribution < -0.4 is 15.5 Å². The van der Waals surface area contributed by atoms with Crippen molar-refractivity contribution in [3.05, 3.63) is 83.2 Å². The number of nitrogens with zero attached hydrogens (tertiary/aromatic N) is 2. The van der Waals surface area contributed by atoms with Crippen LogP contribution in [-0.4, -0.2) is 30.9 Å². The molecule has 2 amide bonds. The molecule has 6 heteroatoms. The minimum atomic E-state index is -0.372. The molecule has 0 atom stereocenters. The Morgan fingerprint density at radius 2 is 1.45 bits per heavy atom. The Balaban J connectivity index is 1.72. The molecule has 1 heterocycles. The Hall–Kier alpha value is -3.67. The van der Waals surface area contributed by atoms with Crippen LogP contribution >= 0.6 is 0 Å². The van der Waals surface area contributed by atoms with E-state index in [4.69, 9.17) is 0 Å². The van der Waals surface area contributed by atoms with Crippen LogP contribution in [0.4, 0.5) is 17.1 Å². The van der Waals surface area contributed by atoms with Crippen molar-refractivity contribution in [2.75, 3.05) is 29.6 Å². The van der Waals surface area contributed by atoms with E-state index in [1.54, 1.807) is 18.2 Å². The molecule has 148 valence electrons. The molecular weight excluding hydrogens is 364 g/mol. The topological polar surface area (TPSA) is 74.3 Å². The predicted molar refractivity (Wildman–Crippen MR) is 117 cm³/mol. The van der Waals surface area contributed by atoms with Crippen LogP contribution in [0.3, 0.4) is 0 Å². The number of aryl methyl sites for hydroxylation is 2. The van der Waals surface area contributed by atoms with Crippen molar-refractivity contribution in [2.45, 2.75) is 13.8 Å². The third-order valence-corrected chi connectivity index (χ3v) is 4.49. The second-order valence-electron chi connectivity index (χ2n) is 7.08. The molecule has 0 unspecified atom stereocenters. The molecule has 0 saturated heterocycles. The van der Waals surface area contributed by atoms with Crippen molar-refractivity contribution >= 4 is 28.9 Å². The van der Waals surface area contributed by atoms with E-state index < -0.39 is 0 Å². The van der Waals surface area contributed by atoms with Gasteiger partial charge >= 0.3 is 0 Å². The van der Waals surface area contributed by atoms with Crippen molar-refractivity contribution in [3.63, 3.8) is 0 Å². The summed E-state index contributed by atoms with van der Waals surface area (Å²) in [4.78, 5) is 31.3. The van der Waals surface area contributed by atoms with Crippen LogP contribution in [0.15, 0.2) is 60.7 Å². The maximum atomic E-state index is 12.6. The summed E-state index contributed by atoms with van der Waals surface area (Å²) in [6.07, 6.45) is 0. The van der Waals surface area contributed by atoms with E-state index in [1.807, 2.05) is 75.3 Å². The molecule has 2 N–H and O–H groups in total. The zero-order valence-corrected chi connectivity index (χ0v) is 17.0. The highest BCUT2D eigenvalue weighted by Crippen LogP contribution is 2.18. The second-order valence-corrected chi connectivity index (χ2v) is 7.08. The molecular formula is C23H24N4O2. The maximum Gasteiger partial charge on any atom is 0.274 e. The van der Waals surface area contributed by atoms with Gasteiger partial charge in [0.25, 0.3) is 11.8 Å². The average molecular weight is 388 g/mol. The summed E-state index contributed by atoms with van der Waals surface area (Å²) in [5, 5.41) is 5.65. The monoisotopic (exact) mass is 388 g/mol. The van der Waals surface area contributed by atoms with Crippen molar-refractivity contribution in [3.8, 4) is 0 Å². The number of carbonyl (C=O) groups excluding carboxylic acids is 2. The molecule has 1 aromatic heterocycles. The number of anilines is 3. The van der Waals surface area contributed by atoms with E-state index in [-0.39, 0.29) is 23.2 Å². The Morgan fingerprint density at radius 3 is 2.03 bits per heavy atom. The number of rotatable bonds is 5. The average Bonchev–Trinajstić information content (AvgIpc) is 2.70. The van der Waals surface area contributed by atoms with Crippen LogP contribution in [0, 0.1) is 13.8 Å². The van der Waals surface area contributed by atoms with Crippen molar-refractivity contribution in [2.24, 2.45) is 0 Å². The minimum absolute atomic E-state index is 0.176. The van der Waals surface area contributed by atoms with E-state index in [1.165, 1.54) is 0 Å². The van der Waals surface area contributed by atoms with Crippen LogP contribution in [0.1, 0.15) is 32.1 Å². The highest BCUT2D eigenvalue weighted by Gasteiger charge is 2.14. The van der Waals surface area contributed by atoms with Crippen LogP contribution in [0.5, 0.6) is 0 Å². The lowest BCUT2D eigenvalue weighted by atomic mass is 10.1. The molecule has 3 aromatic rings. The van der Waals surface area contributed by atoms with Gasteiger partial charge in [-0.25, -0.2) is 4.98 Å². The van der Waals surface area contributed by atoms with Gasteiger partial charge in [-0.15, -0.1) is 0 Å². The number of benzene rings is 2. The summed E-state index contributed by atoms with van der Waals surface area (Å²) in [7, 11) is 3.90. The lowest BCUT2D eigenvalue weighted by Crippen LogP contribution is -2.19. The SMILES string of the molecule is Cc1ccc(NC(=O)c2cccc(C(=O)Nc3ccc(N(C)C)cc3)n2)c(C)c1. The van der Waals surface area contributed by atoms with Gasteiger partial charge in [0.15, 0.2) is 0 Å². The minimum Gasteiger partial charge on any atom is -0.378 e. The quantitative estimate of drug-likeness (QED) is 0.685. The highest BCUT2D eigenvalue weighted by atomic mass is 16.2. The molecule has 0 radical (unpaired) electrons. The van der Waals surface area contributed by atoms with Gasteiger partial charge in [0, 0.05) is 31.2 Å². The third-order valence-electron chi connectivity index (χ3n) is 4.49. The Bertz CT molecular complexity index is 1040. The van der Waals surface area contributed by atoms with Crippen LogP contribution in [0.2, 0.25) is 0 Å². The lowest BCUT2D eigenvalue weighted by Gasteiger charge is -2.13. The van der Waals surface area contributed by atoms with Crippen LogP contribution in [-0.2, 0) is 0 Å². The van der Waals surface area contributed by atoms with Gasteiger partial charge in [0.1, 0.15) is 11.4 Å².